The van der Waals surface area contributed by atoms with Crippen molar-refractivity contribution in [3.8, 4) is 0 Å². The van der Waals surface area contributed by atoms with Crippen molar-refractivity contribution in [2.75, 3.05) is 37.7 Å². The van der Waals surface area contributed by atoms with Gasteiger partial charge >= 0.3 is 0 Å². The highest BCUT2D eigenvalue weighted by atomic mass is 16.2. The number of carbonyl (C=O) groups is 1. The normalized spacial score (nSPS) is 22.0. The number of likely N-dealkylation sites (N-methyl/N-ethyl adjacent to an activating group) is 1. The molecule has 2 atom stereocenters. The number of nitrogen functional groups attached to an aromatic ring is 1. The molecule has 0 bridgehead atoms. The fourth-order valence-electron chi connectivity index (χ4n) is 2.79. The summed E-state index contributed by atoms with van der Waals surface area (Å²) in [6.07, 6.45) is 1.11. The second kappa shape index (κ2) is 6.91. The van der Waals surface area contributed by atoms with Gasteiger partial charge in [-0.2, -0.15) is 0 Å². The first-order valence-electron chi connectivity index (χ1n) is 7.62. The SMILES string of the molecule is CCC1CN(C(C)C(=O)Nc2cccc(N)c2)CCN1C. The Hall–Kier alpha value is -1.59. The molecule has 1 heterocycles. The summed E-state index contributed by atoms with van der Waals surface area (Å²) in [4.78, 5) is 17.0. The smallest absolute Gasteiger partial charge is 0.241 e. The molecule has 0 aliphatic carbocycles. The molecule has 0 aromatic heterocycles. The molecule has 2 unspecified atom stereocenters. The van der Waals surface area contributed by atoms with Crippen LogP contribution in [0, 0.1) is 0 Å². The van der Waals surface area contributed by atoms with Gasteiger partial charge in [0, 0.05) is 37.1 Å². The van der Waals surface area contributed by atoms with E-state index < -0.39 is 0 Å². The minimum atomic E-state index is -0.130. The topological polar surface area (TPSA) is 61.6 Å². The van der Waals surface area contributed by atoms with Gasteiger partial charge in [-0.05, 0) is 38.6 Å². The van der Waals surface area contributed by atoms with Crippen molar-refractivity contribution in [2.24, 2.45) is 0 Å². The Morgan fingerprint density at radius 3 is 2.90 bits per heavy atom. The molecular formula is C16H26N4O. The molecule has 21 heavy (non-hydrogen) atoms. The van der Waals surface area contributed by atoms with Gasteiger partial charge in [0.05, 0.1) is 6.04 Å². The number of hydrogen-bond acceptors (Lipinski definition) is 4. The van der Waals surface area contributed by atoms with Gasteiger partial charge in [0.2, 0.25) is 5.91 Å². The van der Waals surface area contributed by atoms with Crippen LogP contribution in [0.3, 0.4) is 0 Å². The van der Waals surface area contributed by atoms with Crippen molar-refractivity contribution in [3.63, 3.8) is 0 Å². The van der Waals surface area contributed by atoms with Crippen molar-refractivity contribution in [1.29, 1.82) is 0 Å². The first-order valence-corrected chi connectivity index (χ1v) is 7.62. The van der Waals surface area contributed by atoms with E-state index in [1.54, 1.807) is 6.07 Å². The van der Waals surface area contributed by atoms with Crippen LogP contribution in [-0.2, 0) is 4.79 Å². The summed E-state index contributed by atoms with van der Waals surface area (Å²) < 4.78 is 0. The van der Waals surface area contributed by atoms with E-state index in [1.807, 2.05) is 25.1 Å². The van der Waals surface area contributed by atoms with Crippen molar-refractivity contribution < 1.29 is 4.79 Å². The van der Waals surface area contributed by atoms with Crippen molar-refractivity contribution >= 4 is 17.3 Å². The maximum Gasteiger partial charge on any atom is 0.241 e. The monoisotopic (exact) mass is 290 g/mol. The fourth-order valence-corrected chi connectivity index (χ4v) is 2.79. The summed E-state index contributed by atoms with van der Waals surface area (Å²) >= 11 is 0. The highest BCUT2D eigenvalue weighted by Gasteiger charge is 2.29. The predicted molar refractivity (Wildman–Crippen MR) is 87.2 cm³/mol. The fraction of sp³-hybridized carbons (Fsp3) is 0.562. The molecule has 1 aromatic rings. The van der Waals surface area contributed by atoms with Crippen LogP contribution in [0.25, 0.3) is 0 Å². The Balaban J connectivity index is 1.96. The molecule has 1 aliphatic rings. The van der Waals surface area contributed by atoms with Gasteiger partial charge in [-0.15, -0.1) is 0 Å². The van der Waals surface area contributed by atoms with Gasteiger partial charge in [-0.1, -0.05) is 13.0 Å². The van der Waals surface area contributed by atoms with E-state index in [1.165, 1.54) is 0 Å². The number of nitrogens with one attached hydrogen (secondary N) is 1. The van der Waals surface area contributed by atoms with Crippen LogP contribution in [0.15, 0.2) is 24.3 Å². The molecule has 2 rings (SSSR count). The summed E-state index contributed by atoms with van der Waals surface area (Å²) in [7, 11) is 2.16. The van der Waals surface area contributed by atoms with E-state index in [4.69, 9.17) is 5.73 Å². The van der Waals surface area contributed by atoms with E-state index in [0.29, 0.717) is 11.7 Å². The van der Waals surface area contributed by atoms with E-state index in [0.717, 1.165) is 31.7 Å². The molecule has 1 saturated heterocycles. The Labute approximate surface area is 127 Å². The van der Waals surface area contributed by atoms with E-state index in [9.17, 15) is 4.79 Å². The van der Waals surface area contributed by atoms with Gasteiger partial charge < -0.3 is 16.0 Å². The van der Waals surface area contributed by atoms with Crippen LogP contribution < -0.4 is 11.1 Å². The average Bonchev–Trinajstić information content (AvgIpc) is 2.47. The third kappa shape index (κ3) is 3.95. The van der Waals surface area contributed by atoms with Crippen LogP contribution in [0.5, 0.6) is 0 Å². The van der Waals surface area contributed by atoms with E-state index in [-0.39, 0.29) is 11.9 Å². The lowest BCUT2D eigenvalue weighted by Crippen LogP contribution is -2.56. The zero-order valence-electron chi connectivity index (χ0n) is 13.2. The Bertz CT molecular complexity index is 491. The van der Waals surface area contributed by atoms with E-state index in [2.05, 4.69) is 29.1 Å². The van der Waals surface area contributed by atoms with Gasteiger partial charge in [-0.3, -0.25) is 9.69 Å². The van der Waals surface area contributed by atoms with Crippen molar-refractivity contribution in [1.82, 2.24) is 9.80 Å². The zero-order valence-corrected chi connectivity index (χ0v) is 13.2. The lowest BCUT2D eigenvalue weighted by Gasteiger charge is -2.41. The first kappa shape index (κ1) is 15.8. The molecule has 0 radical (unpaired) electrons. The predicted octanol–water partition coefficient (Wildman–Crippen LogP) is 1.62. The number of amides is 1. The third-order valence-electron chi connectivity index (χ3n) is 4.36. The summed E-state index contributed by atoms with van der Waals surface area (Å²) in [5, 5.41) is 2.95. The third-order valence-corrected chi connectivity index (χ3v) is 4.36. The minimum Gasteiger partial charge on any atom is -0.399 e. The molecule has 1 aromatic carbocycles. The Kier molecular flexibility index (Phi) is 5.20. The number of piperazine rings is 1. The van der Waals surface area contributed by atoms with Crippen molar-refractivity contribution in [2.45, 2.75) is 32.4 Å². The standard InChI is InChI=1S/C16H26N4O/c1-4-15-11-20(9-8-19(15)3)12(2)16(21)18-14-7-5-6-13(17)10-14/h5-7,10,12,15H,4,8-9,11,17H2,1-3H3,(H,18,21). The van der Waals surface area contributed by atoms with Crippen LogP contribution in [-0.4, -0.2) is 54.5 Å². The molecule has 0 spiro atoms. The van der Waals surface area contributed by atoms with Crippen LogP contribution in [0.2, 0.25) is 0 Å². The lowest BCUT2D eigenvalue weighted by molar-refractivity contribution is -0.121. The molecule has 1 aliphatic heterocycles. The highest BCUT2D eigenvalue weighted by molar-refractivity contribution is 5.94. The molecule has 0 saturated carbocycles. The van der Waals surface area contributed by atoms with Gasteiger partial charge in [-0.25, -0.2) is 0 Å². The largest absolute Gasteiger partial charge is 0.399 e. The van der Waals surface area contributed by atoms with Gasteiger partial charge in [0.15, 0.2) is 0 Å². The Morgan fingerprint density at radius 2 is 2.24 bits per heavy atom. The second-order valence-corrected chi connectivity index (χ2v) is 5.83. The quantitative estimate of drug-likeness (QED) is 0.827. The number of benzene rings is 1. The second-order valence-electron chi connectivity index (χ2n) is 5.83. The van der Waals surface area contributed by atoms with Crippen LogP contribution >= 0.6 is 0 Å². The number of anilines is 2. The van der Waals surface area contributed by atoms with Crippen LogP contribution in [0.1, 0.15) is 20.3 Å². The lowest BCUT2D eigenvalue weighted by atomic mass is 10.1. The maximum absolute atomic E-state index is 12.4. The molecular weight excluding hydrogens is 264 g/mol. The summed E-state index contributed by atoms with van der Waals surface area (Å²) in [6, 6.07) is 7.70. The molecule has 3 N–H and O–H groups in total. The first-order chi connectivity index (χ1) is 10.0. The highest BCUT2D eigenvalue weighted by Crippen LogP contribution is 2.16. The number of rotatable bonds is 4. The molecule has 5 nitrogen and oxygen atoms in total. The molecule has 1 fully saturated rings. The van der Waals surface area contributed by atoms with Gasteiger partial charge in [0.25, 0.3) is 0 Å². The molecule has 5 heteroatoms. The zero-order chi connectivity index (χ0) is 15.4. The van der Waals surface area contributed by atoms with Gasteiger partial charge in [0.1, 0.15) is 0 Å². The maximum atomic E-state index is 12.4. The number of hydrogen-bond donors (Lipinski definition) is 2. The number of nitrogens with zero attached hydrogens (tertiary/aromatic N) is 2. The summed E-state index contributed by atoms with van der Waals surface area (Å²) in [5.41, 5.74) is 7.15. The Morgan fingerprint density at radius 1 is 1.48 bits per heavy atom. The molecule has 1 amide bonds. The van der Waals surface area contributed by atoms with Crippen molar-refractivity contribution in [3.05, 3.63) is 24.3 Å². The van der Waals surface area contributed by atoms with E-state index >= 15 is 0 Å². The average molecular weight is 290 g/mol. The van der Waals surface area contributed by atoms with Crippen LogP contribution in [0.4, 0.5) is 11.4 Å². The minimum absolute atomic E-state index is 0.0278. The molecule has 116 valence electrons. The number of nitrogens with two attached hydrogens (primary N) is 1. The summed E-state index contributed by atoms with van der Waals surface area (Å²) in [5.74, 6) is 0.0278. The summed E-state index contributed by atoms with van der Waals surface area (Å²) in [6.45, 7) is 7.05. The number of carbonyl (C=O) groups excluding carboxylic acids is 1.